The van der Waals surface area contributed by atoms with Crippen molar-refractivity contribution in [3.05, 3.63) is 53.0 Å². The van der Waals surface area contributed by atoms with Gasteiger partial charge in [-0.1, -0.05) is 18.2 Å². The van der Waals surface area contributed by atoms with Gasteiger partial charge in [-0.3, -0.25) is 4.79 Å². The fraction of sp³-hybridized carbons (Fsp3) is 0.188. The van der Waals surface area contributed by atoms with Crippen molar-refractivity contribution in [3.63, 3.8) is 0 Å². The van der Waals surface area contributed by atoms with Crippen LogP contribution in [0.15, 0.2) is 42.5 Å². The molecular weight excluding hydrogens is 296 g/mol. The highest BCUT2D eigenvalue weighted by Crippen LogP contribution is 2.30. The van der Waals surface area contributed by atoms with Crippen LogP contribution in [-0.4, -0.2) is 23.2 Å². The van der Waals surface area contributed by atoms with Gasteiger partial charge in [0.1, 0.15) is 5.82 Å². The Morgan fingerprint density at radius 2 is 2.00 bits per heavy atom. The maximum absolute atomic E-state index is 11.4. The molecule has 2 aromatic heterocycles. The number of anilines is 1. The van der Waals surface area contributed by atoms with Gasteiger partial charge in [0.05, 0.1) is 6.04 Å². The first-order valence-corrected chi connectivity index (χ1v) is 7.80. The minimum absolute atomic E-state index is 0.123. The number of hydrogen-bond donors (Lipinski definition) is 2. The second kappa shape index (κ2) is 6.11. The summed E-state index contributed by atoms with van der Waals surface area (Å²) in [5.74, 6) is 0.411. The highest BCUT2D eigenvalue weighted by molar-refractivity contribution is 7.19. The quantitative estimate of drug-likeness (QED) is 0.776. The number of benzene rings is 1. The lowest BCUT2D eigenvalue weighted by Crippen LogP contribution is -2.20. The third-order valence-corrected chi connectivity index (χ3v) is 4.66. The van der Waals surface area contributed by atoms with Crippen LogP contribution in [0, 0.1) is 0 Å². The van der Waals surface area contributed by atoms with Crippen molar-refractivity contribution in [2.24, 2.45) is 0 Å². The Balaban J connectivity index is 1.75. The van der Waals surface area contributed by atoms with Gasteiger partial charge < -0.3 is 10.6 Å². The molecule has 0 aliphatic heterocycles. The molecule has 3 aromatic rings. The van der Waals surface area contributed by atoms with Gasteiger partial charge in [-0.25, -0.2) is 0 Å². The van der Waals surface area contributed by atoms with Gasteiger partial charge in [0.2, 0.25) is 0 Å². The summed E-state index contributed by atoms with van der Waals surface area (Å²) in [7, 11) is 1.57. The molecule has 2 N–H and O–H groups in total. The lowest BCUT2D eigenvalue weighted by Gasteiger charge is -2.12. The van der Waals surface area contributed by atoms with E-state index in [-0.39, 0.29) is 11.9 Å². The summed E-state index contributed by atoms with van der Waals surface area (Å²) in [6, 6.07) is 14.0. The van der Waals surface area contributed by atoms with Gasteiger partial charge in [-0.05, 0) is 36.6 Å². The average molecular weight is 312 g/mol. The zero-order valence-electron chi connectivity index (χ0n) is 12.3. The number of fused-ring (bicyclic) bond motifs is 1. The summed E-state index contributed by atoms with van der Waals surface area (Å²) in [5, 5.41) is 15.0. The van der Waals surface area contributed by atoms with Gasteiger partial charge in [-0.2, -0.15) is 0 Å². The summed E-state index contributed by atoms with van der Waals surface area (Å²) >= 11 is 1.76. The van der Waals surface area contributed by atoms with E-state index in [9.17, 15) is 4.79 Å². The lowest BCUT2D eigenvalue weighted by molar-refractivity contribution is 0.0957. The molecule has 112 valence electrons. The molecule has 6 heteroatoms. The van der Waals surface area contributed by atoms with Gasteiger partial charge >= 0.3 is 0 Å². The molecule has 0 radical (unpaired) electrons. The van der Waals surface area contributed by atoms with Crippen LogP contribution in [0.1, 0.15) is 28.3 Å². The Hall–Kier alpha value is -2.47. The minimum Gasteiger partial charge on any atom is -0.361 e. The summed E-state index contributed by atoms with van der Waals surface area (Å²) in [5.41, 5.74) is 0.308. The summed E-state index contributed by atoms with van der Waals surface area (Å²) < 4.78 is 1.27. The summed E-state index contributed by atoms with van der Waals surface area (Å²) in [4.78, 5) is 12.7. The molecule has 0 fully saturated rings. The Kier molecular flexibility index (Phi) is 4.02. The van der Waals surface area contributed by atoms with Crippen LogP contribution in [-0.2, 0) is 0 Å². The zero-order valence-corrected chi connectivity index (χ0v) is 13.1. The molecule has 0 aliphatic carbocycles. The van der Waals surface area contributed by atoms with E-state index in [0.717, 1.165) is 0 Å². The largest absolute Gasteiger partial charge is 0.361 e. The maximum atomic E-state index is 11.4. The van der Waals surface area contributed by atoms with Crippen LogP contribution in [0.5, 0.6) is 0 Å². The van der Waals surface area contributed by atoms with Crippen molar-refractivity contribution in [1.82, 2.24) is 15.5 Å². The Bertz CT molecular complexity index is 764. The molecule has 0 bridgehead atoms. The van der Waals surface area contributed by atoms with E-state index in [1.807, 2.05) is 12.1 Å². The number of aromatic nitrogens is 2. The van der Waals surface area contributed by atoms with E-state index in [2.05, 4.69) is 46.0 Å². The van der Waals surface area contributed by atoms with E-state index in [1.54, 1.807) is 30.5 Å². The predicted octanol–water partition coefficient (Wildman–Crippen LogP) is 3.22. The van der Waals surface area contributed by atoms with Crippen LogP contribution in [0.3, 0.4) is 0 Å². The Labute approximate surface area is 132 Å². The van der Waals surface area contributed by atoms with Crippen LogP contribution >= 0.6 is 11.3 Å². The van der Waals surface area contributed by atoms with Crippen molar-refractivity contribution in [1.29, 1.82) is 0 Å². The normalized spacial score (nSPS) is 12.1. The van der Waals surface area contributed by atoms with Gasteiger partial charge in [0.15, 0.2) is 5.69 Å². The molecular formula is C16H16N4OS. The molecule has 22 heavy (non-hydrogen) atoms. The van der Waals surface area contributed by atoms with E-state index in [0.29, 0.717) is 11.5 Å². The van der Waals surface area contributed by atoms with Crippen molar-refractivity contribution in [2.75, 3.05) is 12.4 Å². The molecule has 1 unspecified atom stereocenters. The van der Waals surface area contributed by atoms with E-state index >= 15 is 0 Å². The third kappa shape index (κ3) is 2.92. The predicted molar refractivity (Wildman–Crippen MR) is 89.3 cm³/mol. The summed E-state index contributed by atoms with van der Waals surface area (Å²) in [6.45, 7) is 2.08. The topological polar surface area (TPSA) is 66.9 Å². The molecule has 1 amide bonds. The molecule has 0 aliphatic rings. The van der Waals surface area contributed by atoms with Crippen molar-refractivity contribution in [2.45, 2.75) is 13.0 Å². The Morgan fingerprint density at radius 3 is 2.68 bits per heavy atom. The molecule has 2 heterocycles. The smallest absolute Gasteiger partial charge is 0.271 e. The zero-order chi connectivity index (χ0) is 15.5. The number of carbonyl (C=O) groups is 1. The monoisotopic (exact) mass is 312 g/mol. The standard InChI is InChI=1S/C16H16N4OS/c1-10(14-9-11-5-3-4-6-13(11)22-14)18-15-8-7-12(19-20-15)16(21)17-2/h3-10H,1-2H3,(H,17,21)(H,18,20). The highest BCUT2D eigenvalue weighted by Gasteiger charge is 2.11. The fourth-order valence-electron chi connectivity index (χ4n) is 2.17. The second-order valence-corrected chi connectivity index (χ2v) is 6.05. The first kappa shape index (κ1) is 14.5. The van der Waals surface area contributed by atoms with Crippen molar-refractivity contribution >= 4 is 33.1 Å². The van der Waals surface area contributed by atoms with E-state index < -0.39 is 0 Å². The molecule has 5 nitrogen and oxygen atoms in total. The number of carbonyl (C=O) groups excluding carboxylic acids is 1. The maximum Gasteiger partial charge on any atom is 0.271 e. The second-order valence-electron chi connectivity index (χ2n) is 4.94. The molecule has 1 aromatic carbocycles. The van der Waals surface area contributed by atoms with E-state index in [4.69, 9.17) is 0 Å². The SMILES string of the molecule is CNC(=O)c1ccc(NC(C)c2cc3ccccc3s2)nn1. The number of hydrogen-bond acceptors (Lipinski definition) is 5. The van der Waals surface area contributed by atoms with Crippen LogP contribution in [0.2, 0.25) is 0 Å². The van der Waals surface area contributed by atoms with Crippen LogP contribution < -0.4 is 10.6 Å². The van der Waals surface area contributed by atoms with E-state index in [1.165, 1.54) is 15.0 Å². The highest BCUT2D eigenvalue weighted by atomic mass is 32.1. The summed E-state index contributed by atoms with van der Waals surface area (Å²) in [6.07, 6.45) is 0. The minimum atomic E-state index is -0.239. The first-order valence-electron chi connectivity index (χ1n) is 6.98. The molecule has 1 atom stereocenters. The van der Waals surface area contributed by atoms with Gasteiger partial charge in [-0.15, -0.1) is 21.5 Å². The molecule has 0 saturated heterocycles. The number of rotatable bonds is 4. The number of nitrogens with one attached hydrogen (secondary N) is 2. The third-order valence-electron chi connectivity index (χ3n) is 3.36. The fourth-order valence-corrected chi connectivity index (χ4v) is 3.23. The molecule has 0 spiro atoms. The number of amides is 1. The van der Waals surface area contributed by atoms with Gasteiger partial charge in [0, 0.05) is 16.6 Å². The average Bonchev–Trinajstić information content (AvgIpc) is 2.99. The van der Waals surface area contributed by atoms with Gasteiger partial charge in [0.25, 0.3) is 5.91 Å². The van der Waals surface area contributed by atoms with Crippen molar-refractivity contribution < 1.29 is 4.79 Å². The number of nitrogens with zero attached hydrogens (tertiary/aromatic N) is 2. The van der Waals surface area contributed by atoms with Crippen molar-refractivity contribution in [3.8, 4) is 0 Å². The Morgan fingerprint density at radius 1 is 1.18 bits per heavy atom. The first-order chi connectivity index (χ1) is 10.7. The lowest BCUT2D eigenvalue weighted by atomic mass is 10.2. The van der Waals surface area contributed by atoms with Crippen LogP contribution in [0.4, 0.5) is 5.82 Å². The van der Waals surface area contributed by atoms with Crippen LogP contribution in [0.25, 0.3) is 10.1 Å². The number of thiophene rings is 1. The molecule has 3 rings (SSSR count). The molecule has 0 saturated carbocycles.